The smallest absolute Gasteiger partial charge is 0.241 e. The minimum absolute atomic E-state index is 0.0282. The van der Waals surface area contributed by atoms with Crippen molar-refractivity contribution >= 4 is 11.8 Å². The van der Waals surface area contributed by atoms with E-state index < -0.39 is 0 Å². The molecule has 3 atom stereocenters. The van der Waals surface area contributed by atoms with Crippen LogP contribution in [0.4, 0.5) is 0 Å². The Balaban J connectivity index is 1.72. The molecule has 2 aliphatic carbocycles. The van der Waals surface area contributed by atoms with Crippen LogP contribution in [0.1, 0.15) is 25.7 Å². The molecule has 3 N–H and O–H groups in total. The van der Waals surface area contributed by atoms with E-state index in [1.54, 1.807) is 4.90 Å². The zero-order valence-electron chi connectivity index (χ0n) is 11.0. The third-order valence-corrected chi connectivity index (χ3v) is 4.44. The summed E-state index contributed by atoms with van der Waals surface area (Å²) in [6, 6.07) is 0. The minimum Gasteiger partial charge on any atom is -0.346 e. The van der Waals surface area contributed by atoms with Crippen LogP contribution in [-0.4, -0.2) is 43.4 Å². The van der Waals surface area contributed by atoms with Gasteiger partial charge in [-0.2, -0.15) is 0 Å². The van der Waals surface area contributed by atoms with Gasteiger partial charge >= 0.3 is 0 Å². The van der Waals surface area contributed by atoms with Crippen LogP contribution in [0.3, 0.4) is 0 Å². The van der Waals surface area contributed by atoms with Gasteiger partial charge < -0.3 is 16.0 Å². The second-order valence-corrected chi connectivity index (χ2v) is 5.69. The summed E-state index contributed by atoms with van der Waals surface area (Å²) in [7, 11) is 1.82. The molecular formula is C13H23N3O2. The highest BCUT2D eigenvalue weighted by molar-refractivity contribution is 5.85. The molecule has 0 radical (unpaired) electrons. The molecule has 0 spiro atoms. The summed E-state index contributed by atoms with van der Waals surface area (Å²) in [5.74, 6) is 2.09. The van der Waals surface area contributed by atoms with Crippen LogP contribution in [0.15, 0.2) is 0 Å². The Morgan fingerprint density at radius 3 is 2.67 bits per heavy atom. The monoisotopic (exact) mass is 253 g/mol. The molecule has 102 valence electrons. The molecule has 0 aromatic rings. The molecular weight excluding hydrogens is 230 g/mol. The van der Waals surface area contributed by atoms with Crippen molar-refractivity contribution in [2.24, 2.45) is 23.5 Å². The summed E-state index contributed by atoms with van der Waals surface area (Å²) in [6.45, 7) is 0.829. The summed E-state index contributed by atoms with van der Waals surface area (Å²) >= 11 is 0. The lowest BCUT2D eigenvalue weighted by Crippen LogP contribution is -2.42. The van der Waals surface area contributed by atoms with Crippen molar-refractivity contribution in [3.05, 3.63) is 0 Å². The summed E-state index contributed by atoms with van der Waals surface area (Å²) in [6.07, 6.45) is 5.35. The number of carbonyl (C=O) groups excluding carboxylic acids is 2. The zero-order valence-corrected chi connectivity index (χ0v) is 11.0. The van der Waals surface area contributed by atoms with Crippen molar-refractivity contribution < 1.29 is 9.59 Å². The lowest BCUT2D eigenvalue weighted by Gasteiger charge is -2.27. The van der Waals surface area contributed by atoms with Gasteiger partial charge in [0.1, 0.15) is 0 Å². The van der Waals surface area contributed by atoms with Crippen molar-refractivity contribution in [3.63, 3.8) is 0 Å². The van der Waals surface area contributed by atoms with E-state index in [0.29, 0.717) is 5.92 Å². The van der Waals surface area contributed by atoms with E-state index in [1.807, 2.05) is 7.05 Å². The van der Waals surface area contributed by atoms with Crippen LogP contribution in [-0.2, 0) is 9.59 Å². The third kappa shape index (κ3) is 3.02. The van der Waals surface area contributed by atoms with Crippen LogP contribution < -0.4 is 11.1 Å². The first-order chi connectivity index (χ1) is 8.60. The maximum absolute atomic E-state index is 11.8. The summed E-state index contributed by atoms with van der Waals surface area (Å²) in [4.78, 5) is 24.6. The SMILES string of the molecule is CN(CC1CC2CCC1C2)C(=O)CNC(=O)CN. The van der Waals surface area contributed by atoms with Gasteiger partial charge in [0.05, 0.1) is 13.1 Å². The van der Waals surface area contributed by atoms with Gasteiger partial charge in [0.2, 0.25) is 11.8 Å². The molecule has 0 aliphatic heterocycles. The van der Waals surface area contributed by atoms with Crippen LogP contribution in [0.25, 0.3) is 0 Å². The molecule has 3 unspecified atom stereocenters. The Morgan fingerprint density at radius 2 is 2.11 bits per heavy atom. The number of fused-ring (bicyclic) bond motifs is 2. The molecule has 2 rings (SSSR count). The van der Waals surface area contributed by atoms with Gasteiger partial charge in [-0.3, -0.25) is 9.59 Å². The normalized spacial score (nSPS) is 29.3. The predicted molar refractivity (Wildman–Crippen MR) is 68.6 cm³/mol. The second kappa shape index (κ2) is 5.69. The highest BCUT2D eigenvalue weighted by Crippen LogP contribution is 2.48. The minimum atomic E-state index is -0.281. The Labute approximate surface area is 108 Å². The number of nitrogens with one attached hydrogen (secondary N) is 1. The highest BCUT2D eigenvalue weighted by atomic mass is 16.2. The summed E-state index contributed by atoms with van der Waals surface area (Å²) in [5, 5.41) is 2.52. The predicted octanol–water partition coefficient (Wildman–Crippen LogP) is -0.0441. The maximum Gasteiger partial charge on any atom is 0.241 e. The summed E-state index contributed by atoms with van der Waals surface area (Å²) in [5.41, 5.74) is 5.17. The van der Waals surface area contributed by atoms with Crippen molar-refractivity contribution in [1.82, 2.24) is 10.2 Å². The van der Waals surface area contributed by atoms with Gasteiger partial charge in [0.25, 0.3) is 0 Å². The number of hydrogen-bond acceptors (Lipinski definition) is 3. The first-order valence-corrected chi connectivity index (χ1v) is 6.81. The van der Waals surface area contributed by atoms with Crippen LogP contribution in [0.2, 0.25) is 0 Å². The molecule has 2 bridgehead atoms. The molecule has 5 nitrogen and oxygen atoms in total. The number of carbonyl (C=O) groups is 2. The largest absolute Gasteiger partial charge is 0.346 e. The van der Waals surface area contributed by atoms with E-state index in [-0.39, 0.29) is 24.9 Å². The van der Waals surface area contributed by atoms with Crippen molar-refractivity contribution in [1.29, 1.82) is 0 Å². The molecule has 2 fully saturated rings. The third-order valence-electron chi connectivity index (χ3n) is 4.44. The standard InChI is InChI=1S/C13H23N3O2/c1-16(13(18)7-15-12(17)6-14)8-11-5-9-2-3-10(11)4-9/h9-11H,2-8,14H2,1H3,(H,15,17). The van der Waals surface area contributed by atoms with Crippen molar-refractivity contribution in [2.75, 3.05) is 26.7 Å². The number of hydrogen-bond donors (Lipinski definition) is 2. The first-order valence-electron chi connectivity index (χ1n) is 6.81. The fourth-order valence-corrected chi connectivity index (χ4v) is 3.43. The molecule has 5 heteroatoms. The maximum atomic E-state index is 11.8. The number of likely N-dealkylation sites (N-methyl/N-ethyl adjacent to an activating group) is 1. The van der Waals surface area contributed by atoms with Crippen molar-refractivity contribution in [3.8, 4) is 0 Å². The molecule has 2 aliphatic rings. The topological polar surface area (TPSA) is 75.4 Å². The van der Waals surface area contributed by atoms with Gasteiger partial charge in [-0.15, -0.1) is 0 Å². The van der Waals surface area contributed by atoms with Crippen LogP contribution in [0.5, 0.6) is 0 Å². The zero-order chi connectivity index (χ0) is 13.1. The van der Waals surface area contributed by atoms with Crippen LogP contribution in [0, 0.1) is 17.8 Å². The summed E-state index contributed by atoms with van der Waals surface area (Å²) < 4.78 is 0. The van der Waals surface area contributed by atoms with E-state index in [4.69, 9.17) is 5.73 Å². The lowest BCUT2D eigenvalue weighted by atomic mass is 9.88. The van der Waals surface area contributed by atoms with Gasteiger partial charge in [-0.1, -0.05) is 6.42 Å². The Bertz CT molecular complexity index is 332. The molecule has 0 aromatic heterocycles. The van der Waals surface area contributed by atoms with E-state index in [1.165, 1.54) is 25.7 Å². The van der Waals surface area contributed by atoms with Crippen LogP contribution >= 0.6 is 0 Å². The Hall–Kier alpha value is -1.10. The molecule has 18 heavy (non-hydrogen) atoms. The van der Waals surface area contributed by atoms with Gasteiger partial charge in [0.15, 0.2) is 0 Å². The average molecular weight is 253 g/mol. The molecule has 2 saturated carbocycles. The highest BCUT2D eigenvalue weighted by Gasteiger charge is 2.39. The number of rotatable bonds is 5. The molecule has 0 heterocycles. The number of amides is 2. The van der Waals surface area contributed by atoms with Gasteiger partial charge in [-0.25, -0.2) is 0 Å². The Kier molecular flexibility index (Phi) is 4.22. The second-order valence-electron chi connectivity index (χ2n) is 5.69. The van der Waals surface area contributed by atoms with E-state index in [0.717, 1.165) is 18.4 Å². The molecule has 2 amide bonds. The van der Waals surface area contributed by atoms with Crippen molar-refractivity contribution in [2.45, 2.75) is 25.7 Å². The average Bonchev–Trinajstić information content (AvgIpc) is 2.97. The van der Waals surface area contributed by atoms with Gasteiger partial charge in [-0.05, 0) is 37.0 Å². The Morgan fingerprint density at radius 1 is 1.33 bits per heavy atom. The molecule has 0 aromatic carbocycles. The fraction of sp³-hybridized carbons (Fsp3) is 0.846. The molecule has 0 saturated heterocycles. The quantitative estimate of drug-likeness (QED) is 0.721. The van der Waals surface area contributed by atoms with Gasteiger partial charge in [0, 0.05) is 13.6 Å². The number of nitrogens with zero attached hydrogens (tertiary/aromatic N) is 1. The lowest BCUT2D eigenvalue weighted by molar-refractivity contribution is -0.132. The van der Waals surface area contributed by atoms with E-state index in [9.17, 15) is 9.59 Å². The number of nitrogens with two attached hydrogens (primary N) is 1. The fourth-order valence-electron chi connectivity index (χ4n) is 3.43. The van der Waals surface area contributed by atoms with E-state index >= 15 is 0 Å². The van der Waals surface area contributed by atoms with E-state index in [2.05, 4.69) is 5.32 Å². The first kappa shape index (κ1) is 13.3.